The van der Waals surface area contributed by atoms with Crippen LogP contribution in [0.2, 0.25) is 19.6 Å². The van der Waals surface area contributed by atoms with Gasteiger partial charge in [0.25, 0.3) is 0 Å². The molecule has 1 nitrogen and oxygen atoms in total. The first kappa shape index (κ1) is 13.2. The predicted octanol–water partition coefficient (Wildman–Crippen LogP) is 4.33. The van der Waals surface area contributed by atoms with Gasteiger partial charge in [0, 0.05) is 0 Å². The van der Waals surface area contributed by atoms with Gasteiger partial charge in [0.15, 0.2) is 8.32 Å². The van der Waals surface area contributed by atoms with Crippen molar-refractivity contribution < 1.29 is 4.43 Å². The van der Waals surface area contributed by atoms with Crippen molar-refractivity contribution in [2.75, 3.05) is 0 Å². The summed E-state index contributed by atoms with van der Waals surface area (Å²) in [5, 5.41) is 0. The molecule has 0 saturated heterocycles. The average molecular weight is 234 g/mol. The maximum absolute atomic E-state index is 6.32. The number of rotatable bonds is 5. The topological polar surface area (TPSA) is 9.23 Å². The lowest BCUT2D eigenvalue weighted by atomic mass is 9.93. The van der Waals surface area contributed by atoms with Crippen molar-refractivity contribution in [3.05, 3.63) is 48.6 Å². The van der Waals surface area contributed by atoms with Gasteiger partial charge in [-0.1, -0.05) is 36.4 Å². The SMILES string of the molecule is C=CCC(C)(O[Si](C)(C)C)c1ccccc1. The van der Waals surface area contributed by atoms with Gasteiger partial charge in [-0.25, -0.2) is 0 Å². The smallest absolute Gasteiger partial charge is 0.184 e. The van der Waals surface area contributed by atoms with Crippen molar-refractivity contribution >= 4 is 8.32 Å². The van der Waals surface area contributed by atoms with Crippen LogP contribution in [0.5, 0.6) is 0 Å². The Balaban J connectivity index is 3.02. The Kier molecular flexibility index (Phi) is 4.11. The van der Waals surface area contributed by atoms with Gasteiger partial charge in [-0.3, -0.25) is 0 Å². The second kappa shape index (κ2) is 4.98. The van der Waals surface area contributed by atoms with Crippen LogP contribution in [0.3, 0.4) is 0 Å². The molecule has 0 aliphatic heterocycles. The molecule has 0 saturated carbocycles. The summed E-state index contributed by atoms with van der Waals surface area (Å²) < 4.78 is 6.32. The highest BCUT2D eigenvalue weighted by atomic mass is 28.4. The van der Waals surface area contributed by atoms with E-state index in [0.717, 1.165) is 6.42 Å². The third-order valence-corrected chi connectivity index (χ3v) is 3.51. The molecule has 2 heteroatoms. The fourth-order valence-electron chi connectivity index (χ4n) is 1.96. The molecule has 1 unspecified atom stereocenters. The molecule has 0 aliphatic rings. The van der Waals surface area contributed by atoms with E-state index >= 15 is 0 Å². The molecule has 0 aromatic heterocycles. The summed E-state index contributed by atoms with van der Waals surface area (Å²) in [6, 6.07) is 10.4. The summed E-state index contributed by atoms with van der Waals surface area (Å²) in [4.78, 5) is 0. The Morgan fingerprint density at radius 3 is 2.25 bits per heavy atom. The Hall–Kier alpha value is -0.863. The van der Waals surface area contributed by atoms with E-state index < -0.39 is 8.32 Å². The van der Waals surface area contributed by atoms with Crippen molar-refractivity contribution in [1.82, 2.24) is 0 Å². The van der Waals surface area contributed by atoms with E-state index in [2.05, 4.69) is 57.4 Å². The molecule has 0 aliphatic carbocycles. The second-order valence-electron chi connectivity index (χ2n) is 5.30. The summed E-state index contributed by atoms with van der Waals surface area (Å²) in [5.74, 6) is 0. The number of hydrogen-bond acceptors (Lipinski definition) is 1. The zero-order valence-electron chi connectivity index (χ0n) is 10.8. The quantitative estimate of drug-likeness (QED) is 0.544. The van der Waals surface area contributed by atoms with Crippen LogP contribution < -0.4 is 0 Å². The van der Waals surface area contributed by atoms with E-state index in [4.69, 9.17) is 4.43 Å². The van der Waals surface area contributed by atoms with Crippen molar-refractivity contribution in [2.24, 2.45) is 0 Å². The fourth-order valence-corrected chi connectivity index (χ4v) is 3.51. The van der Waals surface area contributed by atoms with Gasteiger partial charge >= 0.3 is 0 Å². The van der Waals surface area contributed by atoms with Crippen molar-refractivity contribution in [3.8, 4) is 0 Å². The van der Waals surface area contributed by atoms with Crippen LogP contribution in [0, 0.1) is 0 Å². The maximum Gasteiger partial charge on any atom is 0.184 e. The molecule has 1 aromatic rings. The summed E-state index contributed by atoms with van der Waals surface area (Å²) in [6.45, 7) is 12.7. The summed E-state index contributed by atoms with van der Waals surface area (Å²) >= 11 is 0. The molecule has 1 aromatic carbocycles. The average Bonchev–Trinajstić information content (AvgIpc) is 2.16. The largest absolute Gasteiger partial charge is 0.408 e. The molecule has 0 fully saturated rings. The molecule has 0 spiro atoms. The highest BCUT2D eigenvalue weighted by Gasteiger charge is 2.31. The van der Waals surface area contributed by atoms with E-state index in [1.165, 1.54) is 5.56 Å². The standard InChI is InChI=1S/C14H22OSi/c1-6-12-14(2,15-16(3,4)5)13-10-8-7-9-11-13/h6-11H,1,12H2,2-5H3. The van der Waals surface area contributed by atoms with Gasteiger partial charge in [-0.15, -0.1) is 6.58 Å². The normalized spacial score (nSPS) is 15.5. The van der Waals surface area contributed by atoms with Crippen LogP contribution in [0.15, 0.2) is 43.0 Å². The molecule has 0 N–H and O–H groups in total. The van der Waals surface area contributed by atoms with Gasteiger partial charge in [0.1, 0.15) is 0 Å². The number of benzene rings is 1. The lowest BCUT2D eigenvalue weighted by Gasteiger charge is -2.36. The zero-order valence-corrected chi connectivity index (χ0v) is 11.8. The minimum absolute atomic E-state index is 0.229. The lowest BCUT2D eigenvalue weighted by molar-refractivity contribution is 0.0818. The molecule has 0 amide bonds. The van der Waals surface area contributed by atoms with E-state index in [1.54, 1.807) is 0 Å². The Morgan fingerprint density at radius 2 is 1.81 bits per heavy atom. The lowest BCUT2D eigenvalue weighted by Crippen LogP contribution is -2.38. The van der Waals surface area contributed by atoms with Crippen LogP contribution in [0.4, 0.5) is 0 Å². The minimum atomic E-state index is -1.56. The van der Waals surface area contributed by atoms with Gasteiger partial charge in [0.2, 0.25) is 0 Å². The van der Waals surface area contributed by atoms with E-state index in [9.17, 15) is 0 Å². The van der Waals surface area contributed by atoms with Crippen LogP contribution in [0.1, 0.15) is 18.9 Å². The highest BCUT2D eigenvalue weighted by molar-refractivity contribution is 6.69. The van der Waals surface area contributed by atoms with Crippen LogP contribution in [-0.2, 0) is 10.0 Å². The first-order chi connectivity index (χ1) is 7.37. The molecule has 0 radical (unpaired) electrons. The third kappa shape index (κ3) is 3.61. The molecular formula is C14H22OSi. The Morgan fingerprint density at radius 1 is 1.25 bits per heavy atom. The summed E-state index contributed by atoms with van der Waals surface area (Å²) in [5.41, 5.74) is 1.00. The van der Waals surface area contributed by atoms with Gasteiger partial charge in [-0.05, 0) is 38.5 Å². The summed E-state index contributed by atoms with van der Waals surface area (Å²) in [6.07, 6.45) is 2.79. The maximum atomic E-state index is 6.32. The number of hydrogen-bond donors (Lipinski definition) is 0. The summed E-state index contributed by atoms with van der Waals surface area (Å²) in [7, 11) is -1.56. The minimum Gasteiger partial charge on any atom is -0.408 e. The second-order valence-corrected chi connectivity index (χ2v) is 9.73. The van der Waals surface area contributed by atoms with Crippen LogP contribution in [0.25, 0.3) is 0 Å². The first-order valence-corrected chi connectivity index (χ1v) is 9.15. The van der Waals surface area contributed by atoms with Crippen molar-refractivity contribution in [3.63, 3.8) is 0 Å². The van der Waals surface area contributed by atoms with Crippen molar-refractivity contribution in [1.29, 1.82) is 0 Å². The molecule has 16 heavy (non-hydrogen) atoms. The molecular weight excluding hydrogens is 212 g/mol. The van der Waals surface area contributed by atoms with Crippen LogP contribution in [-0.4, -0.2) is 8.32 Å². The van der Waals surface area contributed by atoms with Gasteiger partial charge in [0.05, 0.1) is 5.60 Å². The van der Waals surface area contributed by atoms with Crippen molar-refractivity contribution in [2.45, 2.75) is 38.6 Å². The van der Waals surface area contributed by atoms with Crippen LogP contribution >= 0.6 is 0 Å². The van der Waals surface area contributed by atoms with E-state index in [-0.39, 0.29) is 5.60 Å². The third-order valence-electron chi connectivity index (χ3n) is 2.45. The molecule has 88 valence electrons. The molecule has 1 atom stereocenters. The van der Waals surface area contributed by atoms with E-state index in [1.807, 2.05) is 12.1 Å². The molecule has 0 heterocycles. The zero-order chi connectivity index (χ0) is 12.2. The van der Waals surface area contributed by atoms with Gasteiger partial charge in [-0.2, -0.15) is 0 Å². The molecule has 0 bridgehead atoms. The molecule has 1 rings (SSSR count). The highest BCUT2D eigenvalue weighted by Crippen LogP contribution is 2.32. The Labute approximate surface area is 100 Å². The predicted molar refractivity (Wildman–Crippen MR) is 73.0 cm³/mol. The van der Waals surface area contributed by atoms with Gasteiger partial charge < -0.3 is 4.43 Å². The first-order valence-electron chi connectivity index (χ1n) is 5.74. The van der Waals surface area contributed by atoms with E-state index in [0.29, 0.717) is 0 Å². The fraction of sp³-hybridized carbons (Fsp3) is 0.429. The Bertz CT molecular complexity index is 340. The monoisotopic (exact) mass is 234 g/mol.